The van der Waals surface area contributed by atoms with Gasteiger partial charge < -0.3 is 9.47 Å². The van der Waals surface area contributed by atoms with Crippen LogP contribution in [0.5, 0.6) is 11.6 Å². The number of pyridine rings is 1. The summed E-state index contributed by atoms with van der Waals surface area (Å²) < 4.78 is 11.1. The number of nitrogens with zero attached hydrogens (tertiary/aromatic N) is 1. The lowest BCUT2D eigenvalue weighted by Gasteiger charge is -2.27. The summed E-state index contributed by atoms with van der Waals surface area (Å²) in [5.41, 5.74) is 0. The van der Waals surface area contributed by atoms with Crippen molar-refractivity contribution in [3.05, 3.63) is 18.3 Å². The van der Waals surface area contributed by atoms with Gasteiger partial charge in [-0.25, -0.2) is 4.98 Å². The molecular formula is C8H8INO2. The third-order valence-electron chi connectivity index (χ3n) is 1.64. The molecule has 0 fully saturated rings. The number of aromatic nitrogens is 1. The molecule has 0 N–H and O–H groups in total. The van der Waals surface area contributed by atoms with Crippen molar-refractivity contribution in [2.45, 2.75) is 17.1 Å². The van der Waals surface area contributed by atoms with Gasteiger partial charge in [-0.2, -0.15) is 0 Å². The molecule has 2 heterocycles. The Balaban J connectivity index is 2.34. The maximum absolute atomic E-state index is 5.54. The molecule has 0 aliphatic carbocycles. The van der Waals surface area contributed by atoms with E-state index in [4.69, 9.17) is 9.47 Å². The standard InChI is InChI=1S/C8H8INO2/c1-5-7(9)12-6-3-2-4-10-8(6)11-5/h2-5,7H,1H3. The molecule has 0 bridgehead atoms. The second-order valence-corrected chi connectivity index (χ2v) is 3.83. The van der Waals surface area contributed by atoms with Crippen molar-refractivity contribution in [2.75, 3.05) is 0 Å². The minimum atomic E-state index is 0.0630. The Morgan fingerprint density at radius 2 is 2.33 bits per heavy atom. The number of fused-ring (bicyclic) bond motifs is 1. The quantitative estimate of drug-likeness (QED) is 0.537. The average Bonchev–Trinajstić information content (AvgIpc) is 2.07. The first-order valence-corrected chi connectivity index (χ1v) is 4.94. The van der Waals surface area contributed by atoms with E-state index in [1.807, 2.05) is 19.1 Å². The Labute approximate surface area is 84.2 Å². The zero-order chi connectivity index (χ0) is 8.55. The van der Waals surface area contributed by atoms with Gasteiger partial charge in [-0.3, -0.25) is 0 Å². The summed E-state index contributed by atoms with van der Waals surface area (Å²) in [6, 6.07) is 3.70. The van der Waals surface area contributed by atoms with E-state index >= 15 is 0 Å². The van der Waals surface area contributed by atoms with Crippen molar-refractivity contribution in [1.29, 1.82) is 0 Å². The predicted molar refractivity (Wildman–Crippen MR) is 52.8 cm³/mol. The molecule has 1 aromatic rings. The first-order valence-electron chi connectivity index (χ1n) is 3.70. The van der Waals surface area contributed by atoms with Crippen LogP contribution in [-0.2, 0) is 0 Å². The van der Waals surface area contributed by atoms with Crippen LogP contribution in [0.15, 0.2) is 18.3 Å². The number of hydrogen-bond donors (Lipinski definition) is 0. The SMILES string of the molecule is CC1Oc2ncccc2OC1I. The summed E-state index contributed by atoms with van der Waals surface area (Å²) in [4.78, 5) is 4.05. The van der Waals surface area contributed by atoms with Crippen molar-refractivity contribution < 1.29 is 9.47 Å². The highest BCUT2D eigenvalue weighted by atomic mass is 127. The Bertz CT molecular complexity index is 263. The Morgan fingerprint density at radius 1 is 1.50 bits per heavy atom. The van der Waals surface area contributed by atoms with Crippen LogP contribution in [0.25, 0.3) is 0 Å². The van der Waals surface area contributed by atoms with Crippen LogP contribution in [0.2, 0.25) is 0 Å². The third-order valence-corrected chi connectivity index (χ3v) is 2.91. The van der Waals surface area contributed by atoms with E-state index in [-0.39, 0.29) is 10.2 Å². The molecule has 64 valence electrons. The lowest BCUT2D eigenvalue weighted by atomic mass is 10.3. The molecule has 1 aromatic heterocycles. The highest BCUT2D eigenvalue weighted by Gasteiger charge is 2.25. The third kappa shape index (κ3) is 1.35. The van der Waals surface area contributed by atoms with E-state index in [2.05, 4.69) is 27.6 Å². The molecule has 12 heavy (non-hydrogen) atoms. The number of alkyl halides is 1. The van der Waals surface area contributed by atoms with Gasteiger partial charge in [-0.1, -0.05) is 0 Å². The summed E-state index contributed by atoms with van der Waals surface area (Å²) in [5, 5.41) is 0. The summed E-state index contributed by atoms with van der Waals surface area (Å²) in [5.74, 6) is 1.33. The molecule has 0 radical (unpaired) electrons. The molecular weight excluding hydrogens is 269 g/mol. The molecule has 1 aliphatic heterocycles. The van der Waals surface area contributed by atoms with Gasteiger partial charge >= 0.3 is 0 Å². The largest absolute Gasteiger partial charge is 0.471 e. The van der Waals surface area contributed by atoms with E-state index in [1.165, 1.54) is 0 Å². The van der Waals surface area contributed by atoms with Gasteiger partial charge in [0.2, 0.25) is 0 Å². The van der Waals surface area contributed by atoms with Gasteiger partial charge in [0, 0.05) is 6.20 Å². The number of halogens is 1. The first-order chi connectivity index (χ1) is 5.77. The molecule has 0 saturated heterocycles. The van der Waals surface area contributed by atoms with E-state index in [0.717, 1.165) is 5.75 Å². The van der Waals surface area contributed by atoms with Crippen LogP contribution in [0.4, 0.5) is 0 Å². The number of rotatable bonds is 0. The summed E-state index contributed by atoms with van der Waals surface area (Å²) in [7, 11) is 0. The normalized spacial score (nSPS) is 26.8. The minimum absolute atomic E-state index is 0.0630. The monoisotopic (exact) mass is 277 g/mol. The first kappa shape index (κ1) is 8.10. The van der Waals surface area contributed by atoms with Crippen LogP contribution < -0.4 is 9.47 Å². The lowest BCUT2D eigenvalue weighted by molar-refractivity contribution is 0.0864. The molecule has 0 aromatic carbocycles. The lowest BCUT2D eigenvalue weighted by Crippen LogP contribution is -2.32. The second-order valence-electron chi connectivity index (χ2n) is 2.60. The fourth-order valence-corrected chi connectivity index (χ4v) is 1.42. The number of ether oxygens (including phenoxy) is 2. The maximum atomic E-state index is 5.54. The maximum Gasteiger partial charge on any atom is 0.257 e. The predicted octanol–water partition coefficient (Wildman–Crippen LogP) is 2.00. The Morgan fingerprint density at radius 3 is 3.17 bits per heavy atom. The topological polar surface area (TPSA) is 31.4 Å². The molecule has 2 atom stereocenters. The van der Waals surface area contributed by atoms with Gasteiger partial charge in [0.15, 0.2) is 9.86 Å². The van der Waals surface area contributed by atoms with Gasteiger partial charge in [-0.15, -0.1) is 0 Å². The average molecular weight is 277 g/mol. The highest BCUT2D eigenvalue weighted by molar-refractivity contribution is 14.1. The van der Waals surface area contributed by atoms with Crippen molar-refractivity contribution >= 4 is 22.6 Å². The fraction of sp³-hybridized carbons (Fsp3) is 0.375. The van der Waals surface area contributed by atoms with Crippen molar-refractivity contribution in [3.8, 4) is 11.6 Å². The zero-order valence-electron chi connectivity index (χ0n) is 6.53. The molecule has 4 heteroatoms. The van der Waals surface area contributed by atoms with Gasteiger partial charge in [0.25, 0.3) is 5.88 Å². The van der Waals surface area contributed by atoms with Crippen molar-refractivity contribution in [2.24, 2.45) is 0 Å². The minimum Gasteiger partial charge on any atom is -0.471 e. The molecule has 0 spiro atoms. The van der Waals surface area contributed by atoms with E-state index in [1.54, 1.807) is 6.20 Å². The summed E-state index contributed by atoms with van der Waals surface area (Å²) in [6.07, 6.45) is 1.76. The van der Waals surface area contributed by atoms with Gasteiger partial charge in [0.1, 0.15) is 6.10 Å². The molecule has 0 amide bonds. The van der Waals surface area contributed by atoms with Crippen LogP contribution in [-0.4, -0.2) is 15.2 Å². The summed E-state index contributed by atoms with van der Waals surface area (Å²) >= 11 is 2.20. The highest BCUT2D eigenvalue weighted by Crippen LogP contribution is 2.32. The molecule has 0 saturated carbocycles. The Kier molecular flexibility index (Phi) is 2.08. The summed E-state index contributed by atoms with van der Waals surface area (Å²) in [6.45, 7) is 1.97. The van der Waals surface area contributed by atoms with Gasteiger partial charge in [0.05, 0.1) is 0 Å². The van der Waals surface area contributed by atoms with Crippen molar-refractivity contribution in [3.63, 3.8) is 0 Å². The number of hydrogen-bond acceptors (Lipinski definition) is 3. The van der Waals surface area contributed by atoms with Crippen molar-refractivity contribution in [1.82, 2.24) is 4.98 Å². The van der Waals surface area contributed by atoms with Gasteiger partial charge in [-0.05, 0) is 41.6 Å². The van der Waals surface area contributed by atoms with Crippen LogP contribution in [0.1, 0.15) is 6.92 Å². The fourth-order valence-electron chi connectivity index (χ4n) is 1.00. The second kappa shape index (κ2) is 3.08. The Hall–Kier alpha value is -0.520. The van der Waals surface area contributed by atoms with E-state index in [0.29, 0.717) is 5.88 Å². The van der Waals surface area contributed by atoms with E-state index < -0.39 is 0 Å². The molecule has 1 aliphatic rings. The van der Waals surface area contributed by atoms with Crippen LogP contribution in [0.3, 0.4) is 0 Å². The molecule has 2 unspecified atom stereocenters. The van der Waals surface area contributed by atoms with Crippen LogP contribution in [0, 0.1) is 0 Å². The zero-order valence-corrected chi connectivity index (χ0v) is 8.69. The smallest absolute Gasteiger partial charge is 0.257 e. The van der Waals surface area contributed by atoms with Crippen LogP contribution >= 0.6 is 22.6 Å². The molecule has 3 nitrogen and oxygen atoms in total. The molecule has 2 rings (SSSR count). The van der Waals surface area contributed by atoms with E-state index in [9.17, 15) is 0 Å².